The van der Waals surface area contributed by atoms with Crippen molar-refractivity contribution in [2.45, 2.75) is 32.6 Å². The van der Waals surface area contributed by atoms with Gasteiger partial charge in [-0.3, -0.25) is 4.79 Å². The molecule has 1 aromatic rings. The smallest absolute Gasteiger partial charge is 0.445 e. The first-order chi connectivity index (χ1) is 7.95. The van der Waals surface area contributed by atoms with Crippen molar-refractivity contribution in [2.24, 2.45) is 0 Å². The third-order valence-corrected chi connectivity index (χ3v) is 2.62. The predicted octanol–water partition coefficient (Wildman–Crippen LogP) is 0.508. The van der Waals surface area contributed by atoms with Crippen LogP contribution in [-0.4, -0.2) is 12.8 Å². The summed E-state index contributed by atoms with van der Waals surface area (Å²) < 4.78 is 37.0. The Morgan fingerprint density at radius 1 is 1.11 bits per heavy atom. The first-order valence-electron chi connectivity index (χ1n) is 5.78. The Morgan fingerprint density at radius 3 is 2.11 bits per heavy atom. The second-order valence-corrected chi connectivity index (χ2v) is 4.08. The van der Waals surface area contributed by atoms with Gasteiger partial charge in [-0.1, -0.05) is 44.0 Å². The third kappa shape index (κ3) is 6.02. The molecule has 0 fully saturated rings. The monoisotopic (exact) mass is 282 g/mol. The summed E-state index contributed by atoms with van der Waals surface area (Å²) in [5.74, 6) is -0.0836. The average Bonchev–Trinajstić information content (AvgIpc) is 2.28. The molecule has 1 aromatic carbocycles. The maximum atomic E-state index is 12.3. The van der Waals surface area contributed by atoms with E-state index in [4.69, 9.17) is 0 Å². The molecule has 0 aliphatic heterocycles. The van der Waals surface area contributed by atoms with E-state index in [0.29, 0.717) is 12.0 Å². The fourth-order valence-electron chi connectivity index (χ4n) is 1.57. The normalized spacial score (nSPS) is 10.9. The van der Waals surface area contributed by atoms with E-state index in [9.17, 15) is 17.7 Å². The molecule has 94 valence electrons. The number of halogens is 3. The summed E-state index contributed by atoms with van der Waals surface area (Å²) in [7, 11) is 0. The van der Waals surface area contributed by atoms with E-state index >= 15 is 0 Å². The van der Waals surface area contributed by atoms with Gasteiger partial charge in [0.25, 0.3) is 0 Å². The molecular weight excluding hydrogens is 267 g/mol. The van der Waals surface area contributed by atoms with Crippen LogP contribution in [0.2, 0.25) is 0 Å². The fraction of sp³-hybridized carbons (Fsp3) is 0.417. The molecule has 1 nitrogen and oxygen atoms in total. The van der Waals surface area contributed by atoms with Gasteiger partial charge in [-0.2, -0.15) is 0 Å². The maximum Gasteiger partial charge on any atom is 1.00 e. The van der Waals surface area contributed by atoms with Crippen LogP contribution < -0.4 is 56.8 Å². The van der Waals surface area contributed by atoms with Crippen LogP contribution in [0.5, 0.6) is 0 Å². The summed E-state index contributed by atoms with van der Waals surface area (Å²) in [6, 6.07) is 4.48. The van der Waals surface area contributed by atoms with Crippen molar-refractivity contribution >= 4 is 18.2 Å². The molecule has 0 bridgehead atoms. The SMILES string of the molecule is CCCCCC(=O)c1ccc([B-](F)(F)F)cc1.[K+]. The largest absolute Gasteiger partial charge is 1.00 e. The molecule has 18 heavy (non-hydrogen) atoms. The summed E-state index contributed by atoms with van der Waals surface area (Å²) in [4.78, 5) is 11.6. The zero-order valence-corrected chi connectivity index (χ0v) is 13.9. The number of rotatable bonds is 6. The third-order valence-electron chi connectivity index (χ3n) is 2.62. The molecule has 0 aliphatic rings. The molecule has 0 N–H and O–H groups in total. The van der Waals surface area contributed by atoms with Gasteiger partial charge < -0.3 is 12.9 Å². The quantitative estimate of drug-likeness (QED) is 0.422. The topological polar surface area (TPSA) is 17.1 Å². The molecule has 0 atom stereocenters. The van der Waals surface area contributed by atoms with Gasteiger partial charge in [0.05, 0.1) is 0 Å². The number of hydrogen-bond donors (Lipinski definition) is 0. The summed E-state index contributed by atoms with van der Waals surface area (Å²) in [6.45, 7) is -2.94. The summed E-state index contributed by atoms with van der Waals surface area (Å²) in [6.07, 6.45) is 3.18. The minimum atomic E-state index is -4.97. The van der Waals surface area contributed by atoms with Crippen molar-refractivity contribution in [2.75, 3.05) is 0 Å². The minimum absolute atomic E-state index is 0. The Kier molecular flexibility index (Phi) is 8.71. The Morgan fingerprint density at radius 2 is 1.67 bits per heavy atom. The van der Waals surface area contributed by atoms with Crippen LogP contribution in [0.25, 0.3) is 0 Å². The fourth-order valence-corrected chi connectivity index (χ4v) is 1.57. The van der Waals surface area contributed by atoms with Gasteiger partial charge in [-0.05, 0) is 6.42 Å². The molecule has 0 aromatic heterocycles. The minimum Gasteiger partial charge on any atom is -0.445 e. The number of unbranched alkanes of at least 4 members (excludes halogenated alkanes) is 2. The van der Waals surface area contributed by atoms with Gasteiger partial charge in [-0.25, -0.2) is 0 Å². The van der Waals surface area contributed by atoms with Crippen molar-refractivity contribution in [1.82, 2.24) is 0 Å². The van der Waals surface area contributed by atoms with Crippen molar-refractivity contribution in [3.63, 3.8) is 0 Å². The van der Waals surface area contributed by atoms with E-state index in [0.717, 1.165) is 31.4 Å². The standard InChI is InChI=1S/C12H15BF3O.K/c1-2-3-4-5-12(17)10-6-8-11(9-7-10)13(14,15)16;/h6-9H,2-5H2,1H3;/q-1;+1. The number of carbonyl (C=O) groups excluding carboxylic acids is 1. The van der Waals surface area contributed by atoms with E-state index in [1.807, 2.05) is 6.92 Å². The van der Waals surface area contributed by atoms with Gasteiger partial charge in [0, 0.05) is 12.0 Å². The Bertz CT molecular complexity index is 376. The van der Waals surface area contributed by atoms with Gasteiger partial charge in [-0.15, -0.1) is 5.46 Å². The van der Waals surface area contributed by atoms with Crippen LogP contribution in [0.15, 0.2) is 24.3 Å². The zero-order valence-electron chi connectivity index (χ0n) is 10.8. The van der Waals surface area contributed by atoms with Crippen LogP contribution in [0.3, 0.4) is 0 Å². The number of Topliss-reactive ketones (excluding diaryl/α,β-unsaturated/α-hetero) is 1. The first kappa shape index (κ1) is 18.4. The molecular formula is C12H15BF3KO. The Labute approximate surface area is 148 Å². The van der Waals surface area contributed by atoms with Crippen LogP contribution in [0, 0.1) is 0 Å². The molecule has 0 saturated carbocycles. The van der Waals surface area contributed by atoms with E-state index in [1.165, 1.54) is 12.1 Å². The average molecular weight is 282 g/mol. The van der Waals surface area contributed by atoms with Crippen molar-refractivity contribution in [3.05, 3.63) is 29.8 Å². The number of carbonyl (C=O) groups is 1. The molecule has 0 amide bonds. The number of hydrogen-bond acceptors (Lipinski definition) is 1. The van der Waals surface area contributed by atoms with Crippen molar-refractivity contribution < 1.29 is 69.1 Å². The van der Waals surface area contributed by atoms with Gasteiger partial charge in [0.2, 0.25) is 0 Å². The van der Waals surface area contributed by atoms with Crippen LogP contribution >= 0.6 is 0 Å². The second kappa shape index (κ2) is 8.53. The summed E-state index contributed by atoms with van der Waals surface area (Å²) in [5.41, 5.74) is -0.292. The molecule has 0 saturated heterocycles. The second-order valence-electron chi connectivity index (χ2n) is 4.08. The van der Waals surface area contributed by atoms with E-state index in [-0.39, 0.29) is 57.2 Å². The van der Waals surface area contributed by atoms with Gasteiger partial charge in [0.15, 0.2) is 5.78 Å². The molecule has 0 spiro atoms. The first-order valence-corrected chi connectivity index (χ1v) is 5.78. The Balaban J connectivity index is 0.00000289. The zero-order chi connectivity index (χ0) is 12.9. The van der Waals surface area contributed by atoms with E-state index < -0.39 is 12.4 Å². The molecule has 6 heteroatoms. The van der Waals surface area contributed by atoms with Gasteiger partial charge >= 0.3 is 58.4 Å². The van der Waals surface area contributed by atoms with Crippen LogP contribution in [0.1, 0.15) is 43.0 Å². The molecule has 0 aliphatic carbocycles. The number of benzene rings is 1. The molecule has 0 unspecified atom stereocenters. The molecule has 0 heterocycles. The van der Waals surface area contributed by atoms with Crippen molar-refractivity contribution in [1.29, 1.82) is 0 Å². The van der Waals surface area contributed by atoms with Crippen LogP contribution in [-0.2, 0) is 0 Å². The maximum absolute atomic E-state index is 12.3. The van der Waals surface area contributed by atoms with Gasteiger partial charge in [0.1, 0.15) is 0 Å². The Hall–Kier alpha value is 0.381. The molecule has 1 rings (SSSR count). The van der Waals surface area contributed by atoms with Crippen LogP contribution in [0.4, 0.5) is 12.9 Å². The summed E-state index contributed by atoms with van der Waals surface area (Å²) in [5, 5.41) is 0. The number of ketones is 1. The van der Waals surface area contributed by atoms with E-state index in [2.05, 4.69) is 0 Å². The van der Waals surface area contributed by atoms with Crippen molar-refractivity contribution in [3.8, 4) is 0 Å². The van der Waals surface area contributed by atoms with E-state index in [1.54, 1.807) is 0 Å². The summed E-state index contributed by atoms with van der Waals surface area (Å²) >= 11 is 0. The molecule has 0 radical (unpaired) electrons. The predicted molar refractivity (Wildman–Crippen MR) is 63.6 cm³/mol.